The normalized spacial score (nSPS) is 10.8. The van der Waals surface area contributed by atoms with Crippen LogP contribution in [0, 0.1) is 6.92 Å². The van der Waals surface area contributed by atoms with Gasteiger partial charge < -0.3 is 19.2 Å². The zero-order chi connectivity index (χ0) is 22.5. The van der Waals surface area contributed by atoms with Gasteiger partial charge in [0.05, 0.1) is 31.7 Å². The highest BCUT2D eigenvalue weighted by molar-refractivity contribution is 6.02. The molecule has 4 rings (SSSR count). The predicted molar refractivity (Wildman–Crippen MR) is 118 cm³/mol. The zero-order valence-corrected chi connectivity index (χ0v) is 18.2. The number of aromatic nitrogens is 4. The molecule has 0 bridgehead atoms. The number of carbonyl (C=O) groups is 1. The molecule has 0 atom stereocenters. The Morgan fingerprint density at radius 2 is 2.00 bits per heavy atom. The van der Waals surface area contributed by atoms with Crippen molar-refractivity contribution in [3.63, 3.8) is 0 Å². The lowest BCUT2D eigenvalue weighted by Crippen LogP contribution is -2.10. The fourth-order valence-electron chi connectivity index (χ4n) is 3.26. The summed E-state index contributed by atoms with van der Waals surface area (Å²) in [6.45, 7) is 5.68. The molecule has 9 heteroatoms. The molecule has 0 aliphatic rings. The molecule has 4 aromatic rings. The molecule has 1 aromatic carbocycles. The third kappa shape index (κ3) is 4.83. The standard InChI is InChI=1S/C23H25N5O4/c1-4-28-16(2)17(11-25-28)13-27-14-18(12-24-27)26-23(29)22-9-8-21(32-22)15-31-20-7-5-6-19(10-20)30-3/h5-12,14H,4,13,15H2,1-3H3,(H,26,29). The number of hydrogen-bond donors (Lipinski definition) is 1. The average Bonchev–Trinajstić information content (AvgIpc) is 3.54. The van der Waals surface area contributed by atoms with Crippen LogP contribution in [0.25, 0.3) is 0 Å². The minimum atomic E-state index is -0.354. The molecule has 9 nitrogen and oxygen atoms in total. The number of nitrogens with zero attached hydrogens (tertiary/aromatic N) is 4. The van der Waals surface area contributed by atoms with Crippen molar-refractivity contribution in [2.75, 3.05) is 12.4 Å². The van der Waals surface area contributed by atoms with Crippen LogP contribution >= 0.6 is 0 Å². The van der Waals surface area contributed by atoms with Crippen molar-refractivity contribution < 1.29 is 18.7 Å². The van der Waals surface area contributed by atoms with Gasteiger partial charge in [-0.3, -0.25) is 14.2 Å². The SMILES string of the molecule is CCn1ncc(Cn2cc(NC(=O)c3ccc(COc4cccc(OC)c4)o3)cn2)c1C. The molecule has 0 fully saturated rings. The fraction of sp³-hybridized carbons (Fsp3) is 0.261. The predicted octanol–water partition coefficient (Wildman–Crippen LogP) is 3.89. The number of benzene rings is 1. The van der Waals surface area contributed by atoms with Crippen LogP contribution < -0.4 is 14.8 Å². The van der Waals surface area contributed by atoms with E-state index in [4.69, 9.17) is 13.9 Å². The van der Waals surface area contributed by atoms with E-state index in [1.807, 2.05) is 36.0 Å². The van der Waals surface area contributed by atoms with Gasteiger partial charge >= 0.3 is 0 Å². The highest BCUT2D eigenvalue weighted by Crippen LogP contribution is 2.21. The summed E-state index contributed by atoms with van der Waals surface area (Å²) < 4.78 is 20.2. The van der Waals surface area contributed by atoms with Crippen LogP contribution in [-0.2, 0) is 19.7 Å². The van der Waals surface area contributed by atoms with Gasteiger partial charge in [-0.1, -0.05) is 6.07 Å². The van der Waals surface area contributed by atoms with Crippen LogP contribution in [0.15, 0.2) is 59.4 Å². The van der Waals surface area contributed by atoms with Crippen LogP contribution in [0.2, 0.25) is 0 Å². The first kappa shape index (κ1) is 21.2. The molecule has 0 saturated heterocycles. The van der Waals surface area contributed by atoms with Gasteiger partial charge in [0.2, 0.25) is 0 Å². The first-order valence-corrected chi connectivity index (χ1v) is 10.3. The van der Waals surface area contributed by atoms with Crippen molar-refractivity contribution >= 4 is 11.6 Å². The summed E-state index contributed by atoms with van der Waals surface area (Å²) in [5.41, 5.74) is 2.77. The summed E-state index contributed by atoms with van der Waals surface area (Å²) in [6, 6.07) is 10.6. The Bertz CT molecular complexity index is 1210. The first-order valence-electron chi connectivity index (χ1n) is 10.3. The van der Waals surface area contributed by atoms with Crippen LogP contribution in [0.1, 0.15) is 34.5 Å². The molecule has 0 radical (unpaired) electrons. The Morgan fingerprint density at radius 1 is 1.16 bits per heavy atom. The Kier molecular flexibility index (Phi) is 6.25. The van der Waals surface area contributed by atoms with E-state index >= 15 is 0 Å². The molecule has 0 aliphatic heterocycles. The molecule has 0 aliphatic carbocycles. The van der Waals surface area contributed by atoms with Crippen LogP contribution in [0.5, 0.6) is 11.5 Å². The van der Waals surface area contributed by atoms with E-state index in [2.05, 4.69) is 22.4 Å². The maximum atomic E-state index is 12.5. The number of aryl methyl sites for hydroxylation is 1. The molecule has 0 saturated carbocycles. The molecule has 3 heterocycles. The van der Waals surface area contributed by atoms with Crippen molar-refractivity contribution in [3.05, 3.63) is 77.8 Å². The van der Waals surface area contributed by atoms with E-state index in [9.17, 15) is 4.79 Å². The summed E-state index contributed by atoms with van der Waals surface area (Å²) in [5, 5.41) is 11.5. The largest absolute Gasteiger partial charge is 0.497 e. The van der Waals surface area contributed by atoms with E-state index in [1.165, 1.54) is 0 Å². The maximum absolute atomic E-state index is 12.5. The van der Waals surface area contributed by atoms with Gasteiger partial charge in [-0.05, 0) is 38.1 Å². The quantitative estimate of drug-likeness (QED) is 0.428. The Labute approximate surface area is 185 Å². The van der Waals surface area contributed by atoms with E-state index in [1.54, 1.807) is 42.4 Å². The number of methoxy groups -OCH3 is 1. The molecule has 1 amide bonds. The first-order chi connectivity index (χ1) is 15.6. The average molecular weight is 435 g/mol. The molecule has 32 heavy (non-hydrogen) atoms. The molecule has 3 aromatic heterocycles. The monoisotopic (exact) mass is 435 g/mol. The lowest BCUT2D eigenvalue weighted by Gasteiger charge is -2.06. The van der Waals surface area contributed by atoms with Gasteiger partial charge in [0.1, 0.15) is 23.9 Å². The van der Waals surface area contributed by atoms with E-state index in [0.717, 1.165) is 17.8 Å². The third-order valence-corrected chi connectivity index (χ3v) is 5.04. The summed E-state index contributed by atoms with van der Waals surface area (Å²) in [5.74, 6) is 1.74. The number of hydrogen-bond acceptors (Lipinski definition) is 6. The van der Waals surface area contributed by atoms with Gasteiger partial charge in [0.15, 0.2) is 5.76 Å². The second-order valence-corrected chi connectivity index (χ2v) is 7.19. The Balaban J connectivity index is 1.33. The van der Waals surface area contributed by atoms with Crippen LogP contribution in [0.4, 0.5) is 5.69 Å². The lowest BCUT2D eigenvalue weighted by atomic mass is 10.2. The van der Waals surface area contributed by atoms with E-state index in [-0.39, 0.29) is 18.3 Å². The Morgan fingerprint density at radius 3 is 2.78 bits per heavy atom. The Hall–Kier alpha value is -4.01. The van der Waals surface area contributed by atoms with Crippen molar-refractivity contribution in [2.45, 2.75) is 33.5 Å². The smallest absolute Gasteiger partial charge is 0.291 e. The highest BCUT2D eigenvalue weighted by atomic mass is 16.5. The minimum Gasteiger partial charge on any atom is -0.497 e. The third-order valence-electron chi connectivity index (χ3n) is 5.04. The maximum Gasteiger partial charge on any atom is 0.291 e. The summed E-state index contributed by atoms with van der Waals surface area (Å²) >= 11 is 0. The van der Waals surface area contributed by atoms with Crippen molar-refractivity contribution in [1.29, 1.82) is 0 Å². The fourth-order valence-corrected chi connectivity index (χ4v) is 3.26. The van der Waals surface area contributed by atoms with Crippen molar-refractivity contribution in [2.24, 2.45) is 0 Å². The lowest BCUT2D eigenvalue weighted by molar-refractivity contribution is 0.0992. The molecular formula is C23H25N5O4. The number of anilines is 1. The summed E-state index contributed by atoms with van der Waals surface area (Å²) in [7, 11) is 1.60. The molecule has 0 spiro atoms. The highest BCUT2D eigenvalue weighted by Gasteiger charge is 2.14. The summed E-state index contributed by atoms with van der Waals surface area (Å²) in [4.78, 5) is 12.5. The molecule has 166 valence electrons. The van der Waals surface area contributed by atoms with E-state index in [0.29, 0.717) is 29.5 Å². The van der Waals surface area contributed by atoms with Crippen LogP contribution in [0.3, 0.4) is 0 Å². The number of furan rings is 1. The molecular weight excluding hydrogens is 410 g/mol. The second-order valence-electron chi connectivity index (χ2n) is 7.19. The van der Waals surface area contributed by atoms with Gasteiger partial charge in [0.25, 0.3) is 5.91 Å². The van der Waals surface area contributed by atoms with Crippen molar-refractivity contribution in [3.8, 4) is 11.5 Å². The number of amides is 1. The van der Waals surface area contributed by atoms with Gasteiger partial charge in [-0.15, -0.1) is 0 Å². The van der Waals surface area contributed by atoms with E-state index < -0.39 is 0 Å². The summed E-state index contributed by atoms with van der Waals surface area (Å²) in [6.07, 6.45) is 5.22. The number of rotatable bonds is 9. The molecule has 1 N–H and O–H groups in total. The topological polar surface area (TPSA) is 96.3 Å². The zero-order valence-electron chi connectivity index (χ0n) is 18.2. The number of ether oxygens (including phenoxy) is 2. The van der Waals surface area contributed by atoms with Crippen LogP contribution in [-0.4, -0.2) is 32.6 Å². The number of nitrogens with one attached hydrogen (secondary N) is 1. The van der Waals surface area contributed by atoms with Gasteiger partial charge in [-0.25, -0.2) is 0 Å². The second kappa shape index (κ2) is 9.42. The molecule has 0 unspecified atom stereocenters. The van der Waals surface area contributed by atoms with Crippen molar-refractivity contribution in [1.82, 2.24) is 19.6 Å². The van der Waals surface area contributed by atoms with Gasteiger partial charge in [0, 0.05) is 30.1 Å². The minimum absolute atomic E-state index is 0.196. The number of carbonyl (C=O) groups excluding carboxylic acids is 1. The van der Waals surface area contributed by atoms with Gasteiger partial charge in [-0.2, -0.15) is 10.2 Å².